The third-order valence-corrected chi connectivity index (χ3v) is 4.86. The molecule has 1 fully saturated rings. The van der Waals surface area contributed by atoms with Crippen LogP contribution in [0.2, 0.25) is 0 Å². The molecule has 0 saturated carbocycles. The summed E-state index contributed by atoms with van der Waals surface area (Å²) in [6, 6.07) is -0.717. The number of hydrogen-bond acceptors (Lipinski definition) is 5. The zero-order valence-corrected chi connectivity index (χ0v) is 13.2. The van der Waals surface area contributed by atoms with Crippen LogP contribution >= 0.6 is 0 Å². The first-order chi connectivity index (χ1) is 9.71. The van der Waals surface area contributed by atoms with Crippen LogP contribution in [0.5, 0.6) is 0 Å². The standard InChI is InChI=1S/C12H20N4O4S/c1-8-10(9(2)20-14-8)7-15(3)12(17)11-5-4-6-16(11)21(13,18)19/h11H,4-7H2,1-3H3,(H2,13,18,19)/t11-/m0/s1. The van der Waals surface area contributed by atoms with Gasteiger partial charge in [0.15, 0.2) is 0 Å². The Kier molecular flexibility index (Phi) is 4.35. The van der Waals surface area contributed by atoms with Gasteiger partial charge in [0.1, 0.15) is 11.8 Å². The van der Waals surface area contributed by atoms with Gasteiger partial charge in [-0.2, -0.15) is 12.7 Å². The highest BCUT2D eigenvalue weighted by Gasteiger charge is 2.38. The predicted molar refractivity (Wildman–Crippen MR) is 75.3 cm³/mol. The molecule has 118 valence electrons. The minimum absolute atomic E-state index is 0.262. The van der Waals surface area contributed by atoms with Gasteiger partial charge in [-0.25, -0.2) is 5.14 Å². The summed E-state index contributed by atoms with van der Waals surface area (Å²) in [6.45, 7) is 4.19. The zero-order chi connectivity index (χ0) is 15.8. The summed E-state index contributed by atoms with van der Waals surface area (Å²) in [6.07, 6.45) is 1.12. The molecule has 0 radical (unpaired) electrons. The molecule has 2 heterocycles. The lowest BCUT2D eigenvalue weighted by atomic mass is 10.1. The van der Waals surface area contributed by atoms with Crippen LogP contribution in [-0.2, 0) is 21.5 Å². The van der Waals surface area contributed by atoms with E-state index >= 15 is 0 Å². The Balaban J connectivity index is 2.13. The number of aryl methyl sites for hydroxylation is 2. The Bertz CT molecular complexity index is 620. The molecule has 0 aromatic carbocycles. The fourth-order valence-electron chi connectivity index (χ4n) is 2.59. The van der Waals surface area contributed by atoms with E-state index in [0.717, 1.165) is 15.6 Å². The van der Waals surface area contributed by atoms with E-state index in [1.54, 1.807) is 20.9 Å². The largest absolute Gasteiger partial charge is 0.361 e. The molecule has 0 spiro atoms. The summed E-state index contributed by atoms with van der Waals surface area (Å²) in [5.41, 5.74) is 1.56. The Labute approximate surface area is 124 Å². The smallest absolute Gasteiger partial charge is 0.277 e. The quantitative estimate of drug-likeness (QED) is 0.835. The van der Waals surface area contributed by atoms with Gasteiger partial charge < -0.3 is 9.42 Å². The molecule has 0 bridgehead atoms. The van der Waals surface area contributed by atoms with E-state index in [4.69, 9.17) is 9.66 Å². The molecule has 1 aliphatic rings. The maximum Gasteiger partial charge on any atom is 0.277 e. The van der Waals surface area contributed by atoms with Crippen molar-refractivity contribution in [2.45, 2.75) is 39.3 Å². The number of nitrogens with zero attached hydrogens (tertiary/aromatic N) is 3. The molecule has 0 aliphatic carbocycles. The number of carbonyl (C=O) groups excluding carboxylic acids is 1. The van der Waals surface area contributed by atoms with Crippen molar-refractivity contribution in [3.05, 3.63) is 17.0 Å². The molecule has 0 unspecified atom stereocenters. The minimum Gasteiger partial charge on any atom is -0.361 e. The van der Waals surface area contributed by atoms with Crippen LogP contribution in [0.1, 0.15) is 29.9 Å². The molecule has 2 rings (SSSR count). The molecule has 1 aliphatic heterocycles. The summed E-state index contributed by atoms with van der Waals surface area (Å²) >= 11 is 0. The lowest BCUT2D eigenvalue weighted by molar-refractivity contribution is -0.133. The maximum atomic E-state index is 12.5. The lowest BCUT2D eigenvalue weighted by Crippen LogP contribution is -2.48. The van der Waals surface area contributed by atoms with E-state index in [2.05, 4.69) is 5.16 Å². The molecule has 1 saturated heterocycles. The van der Waals surface area contributed by atoms with Crippen LogP contribution in [0.25, 0.3) is 0 Å². The average Bonchev–Trinajstić information content (AvgIpc) is 2.99. The van der Waals surface area contributed by atoms with Crippen molar-refractivity contribution in [1.82, 2.24) is 14.4 Å². The van der Waals surface area contributed by atoms with Crippen molar-refractivity contribution in [3.63, 3.8) is 0 Å². The minimum atomic E-state index is -3.85. The Morgan fingerprint density at radius 1 is 1.52 bits per heavy atom. The number of carbonyl (C=O) groups is 1. The van der Waals surface area contributed by atoms with E-state index in [-0.39, 0.29) is 12.5 Å². The van der Waals surface area contributed by atoms with Gasteiger partial charge in [0.2, 0.25) is 5.91 Å². The number of rotatable bonds is 4. The van der Waals surface area contributed by atoms with Gasteiger partial charge in [0.05, 0.1) is 12.2 Å². The first kappa shape index (κ1) is 15.9. The van der Waals surface area contributed by atoms with Crippen molar-refractivity contribution in [3.8, 4) is 0 Å². The van der Waals surface area contributed by atoms with Gasteiger partial charge in [0.25, 0.3) is 10.2 Å². The van der Waals surface area contributed by atoms with Gasteiger partial charge in [-0.15, -0.1) is 0 Å². The number of nitrogens with two attached hydrogens (primary N) is 1. The van der Waals surface area contributed by atoms with E-state index in [1.165, 1.54) is 4.90 Å². The third kappa shape index (κ3) is 3.25. The number of likely N-dealkylation sites (N-methyl/N-ethyl adjacent to an activating group) is 1. The highest BCUT2D eigenvalue weighted by atomic mass is 32.2. The van der Waals surface area contributed by atoms with Crippen LogP contribution in [0.3, 0.4) is 0 Å². The Morgan fingerprint density at radius 2 is 2.19 bits per heavy atom. The van der Waals surface area contributed by atoms with E-state index in [1.807, 2.05) is 0 Å². The average molecular weight is 316 g/mol. The van der Waals surface area contributed by atoms with Crippen LogP contribution < -0.4 is 5.14 Å². The molecule has 1 aromatic rings. The first-order valence-electron chi connectivity index (χ1n) is 6.68. The topological polar surface area (TPSA) is 110 Å². The number of hydrogen-bond donors (Lipinski definition) is 1. The van der Waals surface area contributed by atoms with Crippen molar-refractivity contribution in [2.24, 2.45) is 5.14 Å². The van der Waals surface area contributed by atoms with Gasteiger partial charge in [0, 0.05) is 19.2 Å². The molecule has 9 heteroatoms. The van der Waals surface area contributed by atoms with E-state index < -0.39 is 16.3 Å². The molecular weight excluding hydrogens is 296 g/mol. The highest BCUT2D eigenvalue weighted by Crippen LogP contribution is 2.22. The molecule has 8 nitrogen and oxygen atoms in total. The van der Waals surface area contributed by atoms with Crippen LogP contribution in [-0.4, -0.2) is 48.3 Å². The second-order valence-corrected chi connectivity index (χ2v) is 6.81. The normalized spacial score (nSPS) is 19.9. The highest BCUT2D eigenvalue weighted by molar-refractivity contribution is 7.86. The summed E-state index contributed by atoms with van der Waals surface area (Å²) < 4.78 is 29.1. The lowest BCUT2D eigenvalue weighted by Gasteiger charge is -2.26. The Morgan fingerprint density at radius 3 is 2.71 bits per heavy atom. The monoisotopic (exact) mass is 316 g/mol. The molecule has 1 aromatic heterocycles. The van der Waals surface area contributed by atoms with Crippen molar-refractivity contribution < 1.29 is 17.7 Å². The van der Waals surface area contributed by atoms with Crippen LogP contribution in [0.15, 0.2) is 4.52 Å². The molecule has 21 heavy (non-hydrogen) atoms. The van der Waals surface area contributed by atoms with Gasteiger partial charge >= 0.3 is 0 Å². The SMILES string of the molecule is Cc1noc(C)c1CN(C)C(=O)[C@@H]1CCCN1S(N)(=O)=O. The zero-order valence-electron chi connectivity index (χ0n) is 12.4. The molecule has 1 amide bonds. The third-order valence-electron chi connectivity index (χ3n) is 3.77. The molecular formula is C12H20N4O4S. The van der Waals surface area contributed by atoms with E-state index in [9.17, 15) is 13.2 Å². The van der Waals surface area contributed by atoms with Gasteiger partial charge in [-0.05, 0) is 26.7 Å². The van der Waals surface area contributed by atoms with Gasteiger partial charge in [-0.3, -0.25) is 4.79 Å². The fourth-order valence-corrected chi connectivity index (χ4v) is 3.52. The maximum absolute atomic E-state index is 12.5. The second kappa shape index (κ2) is 5.74. The van der Waals surface area contributed by atoms with Crippen LogP contribution in [0, 0.1) is 13.8 Å². The Hall–Kier alpha value is -1.45. The molecule has 2 N–H and O–H groups in total. The second-order valence-electron chi connectivity index (χ2n) is 5.31. The number of amides is 1. The van der Waals surface area contributed by atoms with Crippen molar-refractivity contribution >= 4 is 16.1 Å². The predicted octanol–water partition coefficient (Wildman–Crippen LogP) is -0.0823. The van der Waals surface area contributed by atoms with Crippen molar-refractivity contribution in [1.29, 1.82) is 0 Å². The van der Waals surface area contributed by atoms with Crippen LogP contribution in [0.4, 0.5) is 0 Å². The molecule has 1 atom stereocenters. The summed E-state index contributed by atoms with van der Waals surface area (Å²) in [7, 11) is -2.22. The number of aromatic nitrogens is 1. The van der Waals surface area contributed by atoms with E-state index in [0.29, 0.717) is 25.1 Å². The van der Waals surface area contributed by atoms with Gasteiger partial charge in [-0.1, -0.05) is 5.16 Å². The summed E-state index contributed by atoms with van der Waals surface area (Å²) in [5, 5.41) is 9.00. The summed E-state index contributed by atoms with van der Waals surface area (Å²) in [5.74, 6) is 0.392. The first-order valence-corrected chi connectivity index (χ1v) is 8.18. The summed E-state index contributed by atoms with van der Waals surface area (Å²) in [4.78, 5) is 14.0. The fraction of sp³-hybridized carbons (Fsp3) is 0.667. The van der Waals surface area contributed by atoms with Crippen molar-refractivity contribution in [2.75, 3.05) is 13.6 Å².